The molecule has 0 spiro atoms. The summed E-state index contributed by atoms with van der Waals surface area (Å²) in [7, 11) is 0. The number of benzene rings is 1. The van der Waals surface area contributed by atoms with Gasteiger partial charge in [-0.05, 0) is 36.2 Å². The van der Waals surface area contributed by atoms with Crippen molar-refractivity contribution in [3.05, 3.63) is 65.8 Å². The quantitative estimate of drug-likeness (QED) is 0.862. The van der Waals surface area contributed by atoms with Crippen molar-refractivity contribution in [3.63, 3.8) is 0 Å². The number of imide groups is 1. The molecule has 0 unspecified atom stereocenters. The van der Waals surface area contributed by atoms with Crippen LogP contribution in [0, 0.1) is 0 Å². The molecule has 0 atom stereocenters. The summed E-state index contributed by atoms with van der Waals surface area (Å²) in [5, 5.41) is 3.00. The fourth-order valence-corrected chi connectivity index (χ4v) is 2.29. The van der Waals surface area contributed by atoms with Gasteiger partial charge in [-0.15, -0.1) is 0 Å². The van der Waals surface area contributed by atoms with Crippen LogP contribution in [0.2, 0.25) is 0 Å². The van der Waals surface area contributed by atoms with Crippen LogP contribution in [0.25, 0.3) is 0 Å². The zero-order chi connectivity index (χ0) is 15.5. The molecule has 2 aromatic rings. The summed E-state index contributed by atoms with van der Waals surface area (Å²) >= 11 is 0. The molecule has 0 bridgehead atoms. The van der Waals surface area contributed by atoms with Gasteiger partial charge >= 0.3 is 0 Å². The van der Waals surface area contributed by atoms with E-state index in [1.54, 1.807) is 12.1 Å². The predicted octanol–water partition coefficient (Wildman–Crippen LogP) is 2.71. The Labute approximate surface area is 128 Å². The second-order valence-electron chi connectivity index (χ2n) is 5.04. The molecule has 5 heteroatoms. The number of carbonyl (C=O) groups is 2. The van der Waals surface area contributed by atoms with Gasteiger partial charge < -0.3 is 9.73 Å². The third-order valence-corrected chi connectivity index (χ3v) is 3.54. The number of amides is 2. The number of hydrogen-bond acceptors (Lipinski definition) is 4. The van der Waals surface area contributed by atoms with Crippen LogP contribution in [0.4, 0.5) is 5.69 Å². The maximum Gasteiger partial charge on any atom is 0.277 e. The fourth-order valence-electron chi connectivity index (χ4n) is 2.29. The minimum absolute atomic E-state index is 0.140. The van der Waals surface area contributed by atoms with Crippen LogP contribution in [0.3, 0.4) is 0 Å². The van der Waals surface area contributed by atoms with E-state index in [1.807, 2.05) is 24.3 Å². The van der Waals surface area contributed by atoms with E-state index in [-0.39, 0.29) is 24.1 Å². The highest BCUT2D eigenvalue weighted by molar-refractivity contribution is 6.17. The van der Waals surface area contributed by atoms with Crippen molar-refractivity contribution >= 4 is 17.5 Å². The van der Waals surface area contributed by atoms with E-state index in [2.05, 4.69) is 12.2 Å². The second-order valence-corrected chi connectivity index (χ2v) is 5.04. The monoisotopic (exact) mass is 296 g/mol. The SMILES string of the molecule is CCc1ccc(NC2=CC(=O)N(Cc3ccco3)C2=O)cc1. The summed E-state index contributed by atoms with van der Waals surface area (Å²) in [6.45, 7) is 2.22. The van der Waals surface area contributed by atoms with Gasteiger partial charge in [-0.1, -0.05) is 19.1 Å². The molecule has 1 aromatic heterocycles. The van der Waals surface area contributed by atoms with E-state index in [0.29, 0.717) is 5.76 Å². The van der Waals surface area contributed by atoms with Crippen molar-refractivity contribution in [1.29, 1.82) is 0 Å². The zero-order valence-electron chi connectivity index (χ0n) is 12.2. The Morgan fingerprint density at radius 1 is 1.14 bits per heavy atom. The van der Waals surface area contributed by atoms with Gasteiger partial charge in [0.25, 0.3) is 11.8 Å². The predicted molar refractivity (Wildman–Crippen MR) is 81.8 cm³/mol. The summed E-state index contributed by atoms with van der Waals surface area (Å²) in [4.78, 5) is 25.4. The molecule has 1 aliphatic heterocycles. The first-order valence-corrected chi connectivity index (χ1v) is 7.13. The number of nitrogens with one attached hydrogen (secondary N) is 1. The first-order chi connectivity index (χ1) is 10.7. The van der Waals surface area contributed by atoms with Gasteiger partial charge in [-0.3, -0.25) is 14.5 Å². The lowest BCUT2D eigenvalue weighted by Gasteiger charge is -2.13. The molecule has 2 amide bonds. The highest BCUT2D eigenvalue weighted by Gasteiger charge is 2.31. The molecular formula is C17H16N2O3. The largest absolute Gasteiger partial charge is 0.467 e. The summed E-state index contributed by atoms with van der Waals surface area (Å²) in [5.41, 5.74) is 2.28. The van der Waals surface area contributed by atoms with Gasteiger partial charge in [0.15, 0.2) is 0 Å². The number of furan rings is 1. The van der Waals surface area contributed by atoms with Gasteiger partial charge in [-0.25, -0.2) is 0 Å². The first-order valence-electron chi connectivity index (χ1n) is 7.13. The summed E-state index contributed by atoms with van der Waals surface area (Å²) in [6.07, 6.45) is 3.79. The van der Waals surface area contributed by atoms with Gasteiger partial charge in [0.05, 0.1) is 12.8 Å². The highest BCUT2D eigenvalue weighted by atomic mass is 16.3. The molecule has 1 aliphatic rings. The Morgan fingerprint density at radius 3 is 2.55 bits per heavy atom. The zero-order valence-corrected chi connectivity index (χ0v) is 12.2. The third-order valence-electron chi connectivity index (χ3n) is 3.54. The van der Waals surface area contributed by atoms with Crippen molar-refractivity contribution in [1.82, 2.24) is 4.90 Å². The molecular weight excluding hydrogens is 280 g/mol. The third kappa shape index (κ3) is 2.79. The molecule has 0 fully saturated rings. The molecule has 5 nitrogen and oxygen atoms in total. The molecule has 0 radical (unpaired) electrons. The standard InChI is InChI=1S/C17H16N2O3/c1-2-12-5-7-13(8-6-12)18-15-10-16(20)19(17(15)21)11-14-4-3-9-22-14/h3-10,18H,2,11H2,1H3. The Balaban J connectivity index is 1.70. The number of hydrogen-bond donors (Lipinski definition) is 1. The van der Waals surface area contributed by atoms with Crippen LogP contribution >= 0.6 is 0 Å². The van der Waals surface area contributed by atoms with Crippen LogP contribution in [0.1, 0.15) is 18.2 Å². The van der Waals surface area contributed by atoms with Crippen molar-refractivity contribution < 1.29 is 14.0 Å². The number of anilines is 1. The minimum atomic E-state index is -0.346. The van der Waals surface area contributed by atoms with Gasteiger partial charge in [0.1, 0.15) is 11.5 Å². The van der Waals surface area contributed by atoms with Gasteiger partial charge in [0, 0.05) is 11.8 Å². The summed E-state index contributed by atoms with van der Waals surface area (Å²) in [5.74, 6) is -0.112. The van der Waals surface area contributed by atoms with Crippen molar-refractivity contribution in [2.75, 3.05) is 5.32 Å². The molecule has 0 saturated heterocycles. The van der Waals surface area contributed by atoms with E-state index < -0.39 is 0 Å². The molecule has 3 rings (SSSR count). The summed E-state index contributed by atoms with van der Waals surface area (Å²) in [6, 6.07) is 11.2. The Morgan fingerprint density at radius 2 is 1.91 bits per heavy atom. The normalized spacial score (nSPS) is 14.4. The van der Waals surface area contributed by atoms with Crippen molar-refractivity contribution in [2.45, 2.75) is 19.9 Å². The first kappa shape index (κ1) is 14.1. The molecule has 112 valence electrons. The van der Waals surface area contributed by atoms with E-state index in [9.17, 15) is 9.59 Å². The lowest BCUT2D eigenvalue weighted by Crippen LogP contribution is -2.31. The lowest BCUT2D eigenvalue weighted by molar-refractivity contribution is -0.138. The molecule has 22 heavy (non-hydrogen) atoms. The molecule has 0 aliphatic carbocycles. The van der Waals surface area contributed by atoms with Crippen molar-refractivity contribution in [2.24, 2.45) is 0 Å². The molecule has 0 saturated carbocycles. The Hall–Kier alpha value is -2.82. The van der Waals surface area contributed by atoms with E-state index >= 15 is 0 Å². The molecule has 2 heterocycles. The average molecular weight is 296 g/mol. The highest BCUT2D eigenvalue weighted by Crippen LogP contribution is 2.19. The van der Waals surface area contributed by atoms with Crippen LogP contribution < -0.4 is 5.32 Å². The van der Waals surface area contributed by atoms with Crippen LogP contribution in [0.5, 0.6) is 0 Å². The maximum atomic E-state index is 12.3. The number of carbonyl (C=O) groups excluding carboxylic acids is 2. The van der Waals surface area contributed by atoms with Gasteiger partial charge in [0.2, 0.25) is 0 Å². The number of nitrogens with zero attached hydrogens (tertiary/aromatic N) is 1. The van der Waals surface area contributed by atoms with Crippen LogP contribution in [-0.4, -0.2) is 16.7 Å². The maximum absolute atomic E-state index is 12.3. The minimum Gasteiger partial charge on any atom is -0.467 e. The van der Waals surface area contributed by atoms with E-state index in [4.69, 9.17) is 4.42 Å². The topological polar surface area (TPSA) is 62.6 Å². The fraction of sp³-hybridized carbons (Fsp3) is 0.176. The smallest absolute Gasteiger partial charge is 0.277 e. The molecule has 1 aromatic carbocycles. The average Bonchev–Trinajstić information content (AvgIpc) is 3.13. The van der Waals surface area contributed by atoms with Crippen molar-refractivity contribution in [3.8, 4) is 0 Å². The van der Waals surface area contributed by atoms with Crippen LogP contribution in [0.15, 0.2) is 58.9 Å². The van der Waals surface area contributed by atoms with E-state index in [1.165, 1.54) is 17.9 Å². The number of aryl methyl sites for hydroxylation is 1. The molecule has 1 N–H and O–H groups in total. The summed E-state index contributed by atoms with van der Waals surface area (Å²) < 4.78 is 5.18. The van der Waals surface area contributed by atoms with Crippen LogP contribution in [-0.2, 0) is 22.6 Å². The number of rotatable bonds is 5. The Bertz CT molecular complexity index is 715. The van der Waals surface area contributed by atoms with Gasteiger partial charge in [-0.2, -0.15) is 0 Å². The second kappa shape index (κ2) is 5.89. The Kier molecular flexibility index (Phi) is 3.78. The lowest BCUT2D eigenvalue weighted by atomic mass is 10.1. The van der Waals surface area contributed by atoms with E-state index in [0.717, 1.165) is 17.0 Å².